The molecule has 2 aliphatic rings. The number of carboxylic acids is 1. The molecule has 24 heavy (non-hydrogen) atoms. The molecule has 4 heteroatoms. The van der Waals surface area contributed by atoms with Gasteiger partial charge in [0.2, 0.25) is 0 Å². The van der Waals surface area contributed by atoms with Crippen LogP contribution < -0.4 is 0 Å². The van der Waals surface area contributed by atoms with Crippen molar-refractivity contribution in [2.45, 2.75) is 77.9 Å². The quantitative estimate of drug-likeness (QED) is 0.621. The minimum atomic E-state index is -0.698. The van der Waals surface area contributed by atoms with Gasteiger partial charge in [0.1, 0.15) is 5.78 Å². The van der Waals surface area contributed by atoms with E-state index >= 15 is 0 Å². The lowest BCUT2D eigenvalue weighted by molar-refractivity contribution is -0.138. The van der Waals surface area contributed by atoms with Gasteiger partial charge in [0, 0.05) is 29.8 Å². The molecular weight excluding hydrogens is 320 g/mol. The van der Waals surface area contributed by atoms with Crippen molar-refractivity contribution in [1.82, 2.24) is 0 Å². The first kappa shape index (κ1) is 19.8. The maximum atomic E-state index is 12.8. The van der Waals surface area contributed by atoms with Crippen molar-refractivity contribution in [2.24, 2.45) is 29.1 Å². The molecule has 5 unspecified atom stereocenters. The van der Waals surface area contributed by atoms with Crippen LogP contribution in [0.5, 0.6) is 0 Å². The van der Waals surface area contributed by atoms with E-state index < -0.39 is 5.97 Å². The molecule has 1 heterocycles. The van der Waals surface area contributed by atoms with Gasteiger partial charge in [-0.3, -0.25) is 9.59 Å². The number of unbranched alkanes of at least 4 members (excludes halogenated alkanes) is 1. The molecule has 3 nitrogen and oxygen atoms in total. The number of rotatable bonds is 8. The maximum Gasteiger partial charge on any atom is 0.303 e. The van der Waals surface area contributed by atoms with Crippen molar-refractivity contribution < 1.29 is 14.7 Å². The zero-order valence-electron chi connectivity index (χ0n) is 15.7. The summed E-state index contributed by atoms with van der Waals surface area (Å²) in [4.78, 5) is 23.5. The van der Waals surface area contributed by atoms with Gasteiger partial charge in [-0.05, 0) is 42.4 Å². The molecule has 2 rings (SSSR count). The highest BCUT2D eigenvalue weighted by atomic mass is 32.2. The summed E-state index contributed by atoms with van der Waals surface area (Å²) < 4.78 is 0. The topological polar surface area (TPSA) is 54.4 Å². The van der Waals surface area contributed by atoms with E-state index in [0.717, 1.165) is 38.5 Å². The Kier molecular flexibility index (Phi) is 6.81. The number of Topliss-reactive ketones (excluding diaryl/α,β-unsaturated/α-hetero) is 1. The molecule has 0 aromatic heterocycles. The summed E-state index contributed by atoms with van der Waals surface area (Å²) in [5.74, 6) is 2.81. The normalized spacial score (nSPS) is 36.1. The summed E-state index contributed by atoms with van der Waals surface area (Å²) in [6.07, 6.45) is 5.90. The first-order valence-electron chi connectivity index (χ1n) is 9.74. The first-order valence-corrected chi connectivity index (χ1v) is 10.8. The van der Waals surface area contributed by atoms with Crippen LogP contribution >= 0.6 is 11.8 Å². The van der Waals surface area contributed by atoms with Crippen molar-refractivity contribution in [1.29, 1.82) is 0 Å². The van der Waals surface area contributed by atoms with Crippen LogP contribution in [-0.2, 0) is 9.59 Å². The Morgan fingerprint density at radius 2 is 2.00 bits per heavy atom. The summed E-state index contributed by atoms with van der Waals surface area (Å²) in [5.41, 5.74) is 0.297. The fraction of sp³-hybridized carbons (Fsp3) is 0.900. The Bertz CT molecular complexity index is 462. The van der Waals surface area contributed by atoms with Gasteiger partial charge in [0.15, 0.2) is 0 Å². The van der Waals surface area contributed by atoms with Gasteiger partial charge in [-0.15, -0.1) is 0 Å². The van der Waals surface area contributed by atoms with E-state index in [1.54, 1.807) is 0 Å². The minimum absolute atomic E-state index is 0.217. The summed E-state index contributed by atoms with van der Waals surface area (Å²) in [7, 11) is 0. The highest BCUT2D eigenvalue weighted by molar-refractivity contribution is 8.00. The number of carbonyl (C=O) groups excluding carboxylic acids is 1. The standard InChI is InChI=1S/C20H34O3S/c1-5-14-11-16(21)15(6-2)19-17(9-7-8-10-18(22)23)24-12-20(14,19)13(3)4/h13-15,17,19H,5-12H2,1-4H3,(H,22,23). The average Bonchev–Trinajstić information content (AvgIpc) is 2.91. The Labute approximate surface area is 151 Å². The fourth-order valence-corrected chi connectivity index (χ4v) is 7.77. The molecule has 1 saturated carbocycles. The molecule has 0 amide bonds. The maximum absolute atomic E-state index is 12.8. The van der Waals surface area contributed by atoms with Crippen LogP contribution in [0.15, 0.2) is 0 Å². The van der Waals surface area contributed by atoms with E-state index in [2.05, 4.69) is 39.5 Å². The largest absolute Gasteiger partial charge is 0.481 e. The molecule has 1 N–H and O–H groups in total. The second-order valence-corrected chi connectivity index (χ2v) is 9.30. The molecule has 138 valence electrons. The van der Waals surface area contributed by atoms with Crippen LogP contribution in [0.25, 0.3) is 0 Å². The molecule has 0 bridgehead atoms. The van der Waals surface area contributed by atoms with Crippen molar-refractivity contribution >= 4 is 23.5 Å². The molecule has 2 fully saturated rings. The average molecular weight is 355 g/mol. The summed E-state index contributed by atoms with van der Waals surface area (Å²) >= 11 is 2.07. The number of carbonyl (C=O) groups is 2. The third kappa shape index (κ3) is 3.54. The van der Waals surface area contributed by atoms with Crippen LogP contribution in [0.2, 0.25) is 0 Å². The van der Waals surface area contributed by atoms with Gasteiger partial charge in [-0.25, -0.2) is 0 Å². The number of fused-ring (bicyclic) bond motifs is 1. The number of ketones is 1. The zero-order valence-corrected chi connectivity index (χ0v) is 16.5. The molecule has 0 aromatic rings. The lowest BCUT2D eigenvalue weighted by Gasteiger charge is -2.52. The number of hydrogen-bond acceptors (Lipinski definition) is 3. The highest BCUT2D eigenvalue weighted by Gasteiger charge is 2.60. The summed E-state index contributed by atoms with van der Waals surface area (Å²) in [6, 6.07) is 0. The summed E-state index contributed by atoms with van der Waals surface area (Å²) in [6.45, 7) is 9.12. The van der Waals surface area contributed by atoms with E-state index in [1.165, 1.54) is 5.75 Å². The van der Waals surface area contributed by atoms with Crippen molar-refractivity contribution in [3.8, 4) is 0 Å². The molecule has 0 radical (unpaired) electrons. The number of carboxylic acid groups (broad SMARTS) is 1. The Balaban J connectivity index is 2.20. The molecule has 1 saturated heterocycles. The lowest BCUT2D eigenvalue weighted by atomic mass is 9.51. The second kappa shape index (κ2) is 8.25. The molecule has 1 aliphatic carbocycles. The molecular formula is C20H34O3S. The third-order valence-corrected chi connectivity index (χ3v) is 8.38. The van der Waals surface area contributed by atoms with E-state index in [1.807, 2.05) is 0 Å². The van der Waals surface area contributed by atoms with E-state index in [9.17, 15) is 9.59 Å². The van der Waals surface area contributed by atoms with Crippen LogP contribution in [0, 0.1) is 29.1 Å². The van der Waals surface area contributed by atoms with Crippen molar-refractivity contribution in [2.75, 3.05) is 5.75 Å². The van der Waals surface area contributed by atoms with Gasteiger partial charge in [0.05, 0.1) is 0 Å². The van der Waals surface area contributed by atoms with Crippen molar-refractivity contribution in [3.05, 3.63) is 0 Å². The zero-order chi connectivity index (χ0) is 17.9. The first-order chi connectivity index (χ1) is 11.4. The van der Waals surface area contributed by atoms with E-state index in [0.29, 0.717) is 34.2 Å². The minimum Gasteiger partial charge on any atom is -0.481 e. The molecule has 0 spiro atoms. The number of thioether (sulfide) groups is 1. The van der Waals surface area contributed by atoms with Crippen molar-refractivity contribution in [3.63, 3.8) is 0 Å². The molecule has 0 aromatic carbocycles. The third-order valence-electron chi connectivity index (χ3n) is 6.76. The second-order valence-electron chi connectivity index (χ2n) is 8.07. The van der Waals surface area contributed by atoms with Gasteiger partial charge in [0.25, 0.3) is 0 Å². The predicted octanol–water partition coefficient (Wildman–Crippen LogP) is 5.03. The van der Waals surface area contributed by atoms with Crippen LogP contribution in [0.4, 0.5) is 0 Å². The van der Waals surface area contributed by atoms with Crippen LogP contribution in [-0.4, -0.2) is 27.9 Å². The van der Waals surface area contributed by atoms with Gasteiger partial charge < -0.3 is 5.11 Å². The Hall–Kier alpha value is -0.510. The van der Waals surface area contributed by atoms with Gasteiger partial charge >= 0.3 is 5.97 Å². The van der Waals surface area contributed by atoms with E-state index in [-0.39, 0.29) is 12.3 Å². The Morgan fingerprint density at radius 3 is 2.54 bits per heavy atom. The Morgan fingerprint density at radius 1 is 1.29 bits per heavy atom. The van der Waals surface area contributed by atoms with Gasteiger partial charge in [-0.1, -0.05) is 40.5 Å². The van der Waals surface area contributed by atoms with Crippen LogP contribution in [0.3, 0.4) is 0 Å². The number of hydrogen-bond donors (Lipinski definition) is 1. The predicted molar refractivity (Wildman–Crippen MR) is 100 cm³/mol. The fourth-order valence-electron chi connectivity index (χ4n) is 5.52. The molecule has 1 aliphatic heterocycles. The van der Waals surface area contributed by atoms with Crippen LogP contribution in [0.1, 0.15) is 72.6 Å². The lowest BCUT2D eigenvalue weighted by Crippen LogP contribution is -2.53. The highest BCUT2D eigenvalue weighted by Crippen LogP contribution is 2.63. The number of aliphatic carboxylic acids is 1. The van der Waals surface area contributed by atoms with E-state index in [4.69, 9.17) is 5.11 Å². The summed E-state index contributed by atoms with van der Waals surface area (Å²) in [5, 5.41) is 9.37. The van der Waals surface area contributed by atoms with Gasteiger partial charge in [-0.2, -0.15) is 11.8 Å². The molecule has 5 atom stereocenters. The monoisotopic (exact) mass is 354 g/mol. The SMILES string of the molecule is CCC1C(=O)CC(CC)C2(C(C)C)CSC(CCCCC(=O)O)C12. The smallest absolute Gasteiger partial charge is 0.303 e.